The van der Waals surface area contributed by atoms with E-state index < -0.39 is 23.1 Å². The van der Waals surface area contributed by atoms with Gasteiger partial charge in [-0.1, -0.05) is 25.1 Å². The maximum Gasteiger partial charge on any atom is 0.373 e. The molecule has 0 aromatic heterocycles. The van der Waals surface area contributed by atoms with E-state index in [4.69, 9.17) is 9.78 Å². The van der Waals surface area contributed by atoms with Crippen molar-refractivity contribution in [1.82, 2.24) is 0 Å². The number of hydrogen-bond acceptors (Lipinski definition) is 6. The lowest BCUT2D eigenvalue weighted by atomic mass is 10.1. The molecule has 0 saturated heterocycles. The van der Waals surface area contributed by atoms with Crippen molar-refractivity contribution in [2.45, 2.75) is 66.1 Å². The van der Waals surface area contributed by atoms with Crippen molar-refractivity contribution in [1.29, 1.82) is 0 Å². The zero-order chi connectivity index (χ0) is 18.8. The fraction of sp³-hybridized carbons (Fsp3) is 0.556. The minimum Gasteiger partial charge on any atom is -0.298 e. The van der Waals surface area contributed by atoms with E-state index in [0.717, 1.165) is 6.42 Å². The van der Waals surface area contributed by atoms with Gasteiger partial charge in [-0.2, -0.15) is 9.78 Å². The zero-order valence-corrected chi connectivity index (χ0v) is 15.5. The molecule has 0 bridgehead atoms. The highest BCUT2D eigenvalue weighted by atomic mass is 17.2. The van der Waals surface area contributed by atoms with Crippen LogP contribution in [0.1, 0.15) is 65.2 Å². The summed E-state index contributed by atoms with van der Waals surface area (Å²) in [5.41, 5.74) is -0.361. The van der Waals surface area contributed by atoms with Gasteiger partial charge >= 0.3 is 11.9 Å². The molecule has 24 heavy (non-hydrogen) atoms. The molecule has 0 aliphatic carbocycles. The van der Waals surface area contributed by atoms with Crippen molar-refractivity contribution in [3.8, 4) is 0 Å². The molecular formula is C18H28O6. The van der Waals surface area contributed by atoms with E-state index in [9.17, 15) is 9.59 Å². The smallest absolute Gasteiger partial charge is 0.298 e. The van der Waals surface area contributed by atoms with E-state index in [1.165, 1.54) is 6.92 Å². The Labute approximate surface area is 143 Å². The van der Waals surface area contributed by atoms with Gasteiger partial charge in [0.1, 0.15) is 11.2 Å². The van der Waals surface area contributed by atoms with Crippen LogP contribution in [0.25, 0.3) is 0 Å². The number of benzene rings is 1. The van der Waals surface area contributed by atoms with Crippen molar-refractivity contribution in [3.63, 3.8) is 0 Å². The second-order valence-corrected chi connectivity index (χ2v) is 6.70. The molecule has 0 radical (unpaired) electrons. The van der Waals surface area contributed by atoms with Gasteiger partial charge in [0, 0.05) is 6.92 Å². The SMILES string of the molecule is CC(=O)OOC(C)(C)C.CCC(C)(C)OOC(=O)c1ccccc1. The van der Waals surface area contributed by atoms with E-state index in [0.29, 0.717) is 5.56 Å². The lowest BCUT2D eigenvalue weighted by Gasteiger charge is -2.20. The highest BCUT2D eigenvalue weighted by Crippen LogP contribution is 2.15. The average molecular weight is 340 g/mol. The van der Waals surface area contributed by atoms with Gasteiger partial charge < -0.3 is 0 Å². The van der Waals surface area contributed by atoms with E-state index in [1.54, 1.807) is 45.0 Å². The third-order valence-electron chi connectivity index (χ3n) is 2.61. The molecule has 0 aliphatic heterocycles. The molecular weight excluding hydrogens is 312 g/mol. The fourth-order valence-corrected chi connectivity index (χ4v) is 1.02. The van der Waals surface area contributed by atoms with Gasteiger partial charge in [-0.25, -0.2) is 9.59 Å². The Morgan fingerprint density at radius 2 is 1.46 bits per heavy atom. The largest absolute Gasteiger partial charge is 0.373 e. The molecule has 0 unspecified atom stereocenters. The summed E-state index contributed by atoms with van der Waals surface area (Å²) >= 11 is 0. The van der Waals surface area contributed by atoms with E-state index in [-0.39, 0.29) is 0 Å². The van der Waals surface area contributed by atoms with Crippen LogP contribution in [0.3, 0.4) is 0 Å². The van der Waals surface area contributed by atoms with E-state index >= 15 is 0 Å². The van der Waals surface area contributed by atoms with Crippen molar-refractivity contribution in [2.75, 3.05) is 0 Å². The summed E-state index contributed by atoms with van der Waals surface area (Å²) in [6.45, 7) is 12.4. The first-order valence-electron chi connectivity index (χ1n) is 7.78. The molecule has 0 saturated carbocycles. The summed E-state index contributed by atoms with van der Waals surface area (Å²) in [5.74, 6) is -0.887. The van der Waals surface area contributed by atoms with Crippen LogP contribution in [-0.4, -0.2) is 23.1 Å². The third-order valence-corrected chi connectivity index (χ3v) is 2.61. The molecule has 0 amide bonds. The number of rotatable bonds is 5. The molecule has 6 nitrogen and oxygen atoms in total. The van der Waals surface area contributed by atoms with Crippen molar-refractivity contribution in [2.24, 2.45) is 0 Å². The Balaban J connectivity index is 0.000000506. The summed E-state index contributed by atoms with van der Waals surface area (Å²) in [6, 6.07) is 8.77. The Hall–Kier alpha value is -1.92. The summed E-state index contributed by atoms with van der Waals surface area (Å²) in [6.07, 6.45) is 0.773. The van der Waals surface area contributed by atoms with Gasteiger partial charge in [0.2, 0.25) is 0 Å². The maximum absolute atomic E-state index is 11.5. The van der Waals surface area contributed by atoms with Crippen LogP contribution in [0, 0.1) is 0 Å². The van der Waals surface area contributed by atoms with Crippen LogP contribution in [0.4, 0.5) is 0 Å². The highest BCUT2D eigenvalue weighted by molar-refractivity contribution is 5.88. The minimum absolute atomic E-state index is 0.411. The number of carbonyl (C=O) groups is 2. The molecule has 0 N–H and O–H groups in total. The highest BCUT2D eigenvalue weighted by Gasteiger charge is 2.20. The normalized spacial score (nSPS) is 11.1. The Bertz CT molecular complexity index is 502. The summed E-state index contributed by atoms with van der Waals surface area (Å²) in [4.78, 5) is 40.3. The van der Waals surface area contributed by atoms with Gasteiger partial charge in [-0.15, -0.1) is 0 Å². The van der Waals surface area contributed by atoms with Crippen LogP contribution in [0.5, 0.6) is 0 Å². The summed E-state index contributed by atoms with van der Waals surface area (Å²) in [5, 5.41) is 0. The average Bonchev–Trinajstić information content (AvgIpc) is 2.51. The molecule has 0 atom stereocenters. The first kappa shape index (κ1) is 22.1. The Morgan fingerprint density at radius 3 is 1.83 bits per heavy atom. The first-order valence-corrected chi connectivity index (χ1v) is 7.78. The maximum atomic E-state index is 11.5. The van der Waals surface area contributed by atoms with Crippen molar-refractivity contribution < 1.29 is 29.1 Å². The lowest BCUT2D eigenvalue weighted by Crippen LogP contribution is -2.25. The van der Waals surface area contributed by atoms with Crippen LogP contribution in [0.2, 0.25) is 0 Å². The molecule has 0 heterocycles. The molecule has 1 aromatic carbocycles. The van der Waals surface area contributed by atoms with Crippen LogP contribution >= 0.6 is 0 Å². The van der Waals surface area contributed by atoms with Crippen LogP contribution in [0.15, 0.2) is 30.3 Å². The first-order chi connectivity index (χ1) is 11.0. The molecule has 136 valence electrons. The topological polar surface area (TPSA) is 71.1 Å². The minimum atomic E-state index is -0.461. The molecule has 0 spiro atoms. The second-order valence-electron chi connectivity index (χ2n) is 6.70. The van der Waals surface area contributed by atoms with Crippen molar-refractivity contribution >= 4 is 11.9 Å². The molecule has 1 aromatic rings. The Morgan fingerprint density at radius 1 is 0.917 bits per heavy atom. The van der Waals surface area contributed by atoms with Crippen molar-refractivity contribution in [3.05, 3.63) is 35.9 Å². The van der Waals surface area contributed by atoms with Gasteiger partial charge in [-0.05, 0) is 53.2 Å². The lowest BCUT2D eigenvalue weighted by molar-refractivity contribution is -0.318. The molecule has 1 rings (SSSR count). The number of carbonyl (C=O) groups excluding carboxylic acids is 2. The fourth-order valence-electron chi connectivity index (χ4n) is 1.02. The molecule has 0 aliphatic rings. The van der Waals surface area contributed by atoms with Gasteiger partial charge in [0.15, 0.2) is 0 Å². The summed E-state index contributed by atoms with van der Waals surface area (Å²) in [7, 11) is 0. The Kier molecular flexibility index (Phi) is 9.25. The number of hydrogen-bond donors (Lipinski definition) is 0. The second kappa shape index (κ2) is 10.1. The van der Waals surface area contributed by atoms with Gasteiger partial charge in [-0.3, -0.25) is 9.78 Å². The van der Waals surface area contributed by atoms with E-state index in [2.05, 4.69) is 9.78 Å². The van der Waals surface area contributed by atoms with Gasteiger partial charge in [0.25, 0.3) is 0 Å². The summed E-state index contributed by atoms with van der Waals surface area (Å²) < 4.78 is 0. The predicted octanol–water partition coefficient (Wildman–Crippen LogP) is 4.24. The van der Waals surface area contributed by atoms with Crippen LogP contribution < -0.4 is 0 Å². The third kappa shape index (κ3) is 11.6. The quantitative estimate of drug-likeness (QED) is 0.589. The van der Waals surface area contributed by atoms with Crippen LogP contribution in [-0.2, 0) is 24.3 Å². The zero-order valence-electron chi connectivity index (χ0n) is 15.5. The standard InChI is InChI=1S/C12H16O3.C6H12O3/c1-4-12(2,3)15-14-11(13)10-8-6-5-7-9-10;1-5(7)8-9-6(2,3)4/h5-9H,4H2,1-3H3;1-4H3. The van der Waals surface area contributed by atoms with Gasteiger partial charge in [0.05, 0.1) is 5.56 Å². The molecule has 0 fully saturated rings. The predicted molar refractivity (Wildman–Crippen MR) is 89.9 cm³/mol. The van der Waals surface area contributed by atoms with E-state index in [1.807, 2.05) is 26.8 Å². The monoisotopic (exact) mass is 340 g/mol. The molecule has 6 heteroatoms.